The van der Waals surface area contributed by atoms with E-state index in [1.807, 2.05) is 18.2 Å². The van der Waals surface area contributed by atoms with Crippen molar-refractivity contribution < 1.29 is 19.0 Å². The summed E-state index contributed by atoms with van der Waals surface area (Å²) in [6.45, 7) is 1.47. The molecular weight excluding hydrogens is 356 g/mol. The minimum Gasteiger partial charge on any atom is -0.493 e. The summed E-state index contributed by atoms with van der Waals surface area (Å²) in [6.07, 6.45) is 0. The zero-order chi connectivity index (χ0) is 16.7. The zero-order valence-electron chi connectivity index (χ0n) is 13.2. The molecule has 0 aliphatic carbocycles. The number of aliphatic hydroxyl groups is 1. The number of methoxy groups -OCH3 is 1. The van der Waals surface area contributed by atoms with E-state index in [2.05, 4.69) is 5.32 Å². The summed E-state index contributed by atoms with van der Waals surface area (Å²) in [7, 11) is 1.57. The third-order valence-electron chi connectivity index (χ3n) is 3.24. The number of aliphatic hydroxyl groups excluding tert-OH is 1. The Morgan fingerprint density at radius 2 is 1.96 bits per heavy atom. The summed E-state index contributed by atoms with van der Waals surface area (Å²) in [5.41, 5.74) is 1.71. The molecule has 0 radical (unpaired) electrons. The quantitative estimate of drug-likeness (QED) is 0.692. The molecule has 0 heterocycles. The summed E-state index contributed by atoms with van der Waals surface area (Å²) >= 11 is 5.99. The van der Waals surface area contributed by atoms with Gasteiger partial charge >= 0.3 is 0 Å². The first-order valence-corrected chi connectivity index (χ1v) is 7.57. The van der Waals surface area contributed by atoms with Crippen molar-refractivity contribution in [2.24, 2.45) is 0 Å². The second-order valence-electron chi connectivity index (χ2n) is 4.91. The Balaban J connectivity index is 0.00000288. The Bertz CT molecular complexity index is 656. The lowest BCUT2D eigenvalue weighted by Gasteiger charge is -2.13. The molecule has 4 nitrogen and oxygen atoms in total. The molecule has 24 heavy (non-hydrogen) atoms. The SMILES string of the molecule is COc1cc(CNCCO)ccc1OCc1ccc(F)cc1Cl.Cl. The van der Waals surface area contributed by atoms with Crippen LogP contribution in [0.5, 0.6) is 11.5 Å². The third-order valence-corrected chi connectivity index (χ3v) is 3.60. The molecular formula is C17H20Cl2FNO3. The Morgan fingerprint density at radius 3 is 2.62 bits per heavy atom. The van der Waals surface area contributed by atoms with Crippen LogP contribution in [0.25, 0.3) is 0 Å². The molecule has 0 unspecified atom stereocenters. The van der Waals surface area contributed by atoms with Gasteiger partial charge in [0.1, 0.15) is 12.4 Å². The first-order valence-electron chi connectivity index (χ1n) is 7.19. The van der Waals surface area contributed by atoms with Gasteiger partial charge in [0.2, 0.25) is 0 Å². The van der Waals surface area contributed by atoms with E-state index in [1.54, 1.807) is 13.2 Å². The van der Waals surface area contributed by atoms with Crippen LogP contribution in [0.2, 0.25) is 5.02 Å². The number of hydrogen-bond donors (Lipinski definition) is 2. The van der Waals surface area contributed by atoms with Crippen LogP contribution >= 0.6 is 24.0 Å². The predicted octanol–water partition coefficient (Wildman–Crippen LogP) is 3.57. The molecule has 2 aromatic carbocycles. The van der Waals surface area contributed by atoms with Gasteiger partial charge in [-0.15, -0.1) is 12.4 Å². The molecule has 0 spiro atoms. The highest BCUT2D eigenvalue weighted by atomic mass is 35.5. The van der Waals surface area contributed by atoms with Gasteiger partial charge in [-0.2, -0.15) is 0 Å². The molecule has 0 fully saturated rings. The Morgan fingerprint density at radius 1 is 1.17 bits per heavy atom. The van der Waals surface area contributed by atoms with Gasteiger partial charge in [-0.1, -0.05) is 23.7 Å². The van der Waals surface area contributed by atoms with E-state index in [4.69, 9.17) is 26.2 Å². The largest absolute Gasteiger partial charge is 0.493 e. The summed E-state index contributed by atoms with van der Waals surface area (Å²) in [6, 6.07) is 9.79. The van der Waals surface area contributed by atoms with Crippen molar-refractivity contribution in [1.82, 2.24) is 5.32 Å². The Hall–Kier alpha value is -1.53. The molecule has 0 bridgehead atoms. The second kappa shape index (κ2) is 10.4. The van der Waals surface area contributed by atoms with Gasteiger partial charge < -0.3 is 19.9 Å². The van der Waals surface area contributed by atoms with Crippen LogP contribution < -0.4 is 14.8 Å². The van der Waals surface area contributed by atoms with Crippen molar-refractivity contribution >= 4 is 24.0 Å². The van der Waals surface area contributed by atoms with E-state index in [0.29, 0.717) is 35.2 Å². The van der Waals surface area contributed by atoms with E-state index in [9.17, 15) is 4.39 Å². The molecule has 0 saturated heterocycles. The molecule has 0 aliphatic rings. The monoisotopic (exact) mass is 375 g/mol. The lowest BCUT2D eigenvalue weighted by Crippen LogP contribution is -2.17. The molecule has 0 saturated carbocycles. The highest BCUT2D eigenvalue weighted by Gasteiger charge is 2.08. The average Bonchev–Trinajstić information content (AvgIpc) is 2.55. The molecule has 2 rings (SSSR count). The molecule has 0 amide bonds. The molecule has 0 atom stereocenters. The van der Waals surface area contributed by atoms with Gasteiger partial charge in [-0.05, 0) is 29.8 Å². The molecule has 7 heteroatoms. The van der Waals surface area contributed by atoms with Crippen LogP contribution in [0.15, 0.2) is 36.4 Å². The smallest absolute Gasteiger partial charge is 0.161 e. The lowest BCUT2D eigenvalue weighted by atomic mass is 10.2. The third kappa shape index (κ3) is 5.83. The van der Waals surface area contributed by atoms with Crippen LogP contribution in [-0.2, 0) is 13.2 Å². The minimum atomic E-state index is -0.379. The Kier molecular flexibility index (Phi) is 8.85. The number of halogens is 3. The van der Waals surface area contributed by atoms with Crippen LogP contribution in [0.1, 0.15) is 11.1 Å². The highest BCUT2D eigenvalue weighted by Crippen LogP contribution is 2.29. The van der Waals surface area contributed by atoms with E-state index >= 15 is 0 Å². The fraction of sp³-hybridized carbons (Fsp3) is 0.294. The maximum atomic E-state index is 13.0. The van der Waals surface area contributed by atoms with Crippen molar-refractivity contribution in [2.45, 2.75) is 13.2 Å². The zero-order valence-corrected chi connectivity index (χ0v) is 14.8. The molecule has 2 aromatic rings. The van der Waals surface area contributed by atoms with E-state index < -0.39 is 0 Å². The molecule has 2 N–H and O–H groups in total. The van der Waals surface area contributed by atoms with Crippen LogP contribution in [0.3, 0.4) is 0 Å². The maximum absolute atomic E-state index is 13.0. The highest BCUT2D eigenvalue weighted by molar-refractivity contribution is 6.31. The molecule has 0 aromatic heterocycles. The van der Waals surface area contributed by atoms with Gasteiger partial charge in [0.25, 0.3) is 0 Å². The normalized spacial score (nSPS) is 10.2. The van der Waals surface area contributed by atoms with E-state index in [1.165, 1.54) is 12.1 Å². The first kappa shape index (κ1) is 20.5. The Labute approximate surface area is 152 Å². The molecule has 132 valence electrons. The fourth-order valence-corrected chi connectivity index (χ4v) is 2.27. The van der Waals surface area contributed by atoms with E-state index in [0.717, 1.165) is 5.56 Å². The summed E-state index contributed by atoms with van der Waals surface area (Å²) in [4.78, 5) is 0. The number of rotatable bonds is 8. The second-order valence-corrected chi connectivity index (χ2v) is 5.32. The van der Waals surface area contributed by atoms with Gasteiger partial charge in [-0.25, -0.2) is 4.39 Å². The minimum absolute atomic E-state index is 0. The van der Waals surface area contributed by atoms with Gasteiger partial charge in [0.15, 0.2) is 11.5 Å². The lowest BCUT2D eigenvalue weighted by molar-refractivity contribution is 0.283. The topological polar surface area (TPSA) is 50.7 Å². The van der Waals surface area contributed by atoms with Crippen molar-refractivity contribution in [3.63, 3.8) is 0 Å². The van der Waals surface area contributed by atoms with Crippen LogP contribution in [0, 0.1) is 5.82 Å². The summed E-state index contributed by atoms with van der Waals surface area (Å²) < 4.78 is 24.1. The summed E-state index contributed by atoms with van der Waals surface area (Å²) in [5, 5.41) is 12.2. The van der Waals surface area contributed by atoms with Crippen molar-refractivity contribution in [2.75, 3.05) is 20.3 Å². The number of nitrogens with one attached hydrogen (secondary N) is 1. The molecule has 0 aliphatic heterocycles. The van der Waals surface area contributed by atoms with Crippen molar-refractivity contribution in [1.29, 1.82) is 0 Å². The number of benzene rings is 2. The number of hydrogen-bond acceptors (Lipinski definition) is 4. The van der Waals surface area contributed by atoms with E-state index in [-0.39, 0.29) is 31.4 Å². The van der Waals surface area contributed by atoms with Gasteiger partial charge in [-0.3, -0.25) is 0 Å². The van der Waals surface area contributed by atoms with Crippen molar-refractivity contribution in [3.8, 4) is 11.5 Å². The van der Waals surface area contributed by atoms with Crippen molar-refractivity contribution in [3.05, 3.63) is 58.4 Å². The van der Waals surface area contributed by atoms with Crippen LogP contribution in [0.4, 0.5) is 4.39 Å². The number of ether oxygens (including phenoxy) is 2. The van der Waals surface area contributed by atoms with Gasteiger partial charge in [0.05, 0.1) is 18.7 Å². The predicted molar refractivity (Wildman–Crippen MR) is 94.8 cm³/mol. The fourth-order valence-electron chi connectivity index (χ4n) is 2.05. The summed E-state index contributed by atoms with van der Waals surface area (Å²) in [5.74, 6) is 0.807. The first-order chi connectivity index (χ1) is 11.1. The standard InChI is InChI=1S/C17H19ClFNO3.ClH/c1-22-17-8-12(10-20-6-7-21)2-5-16(17)23-11-13-3-4-14(19)9-15(13)18;/h2-5,8-9,20-21H,6-7,10-11H2,1H3;1H. The van der Waals surface area contributed by atoms with Gasteiger partial charge in [0, 0.05) is 18.7 Å². The average molecular weight is 376 g/mol. The van der Waals surface area contributed by atoms with Crippen LogP contribution in [-0.4, -0.2) is 25.4 Å². The maximum Gasteiger partial charge on any atom is 0.161 e.